The van der Waals surface area contributed by atoms with Crippen molar-refractivity contribution in [2.75, 3.05) is 27.7 Å². The van der Waals surface area contributed by atoms with Crippen molar-refractivity contribution in [1.82, 2.24) is 0 Å². The van der Waals surface area contributed by atoms with E-state index in [9.17, 15) is 17.3 Å². The molecule has 0 amide bonds. The largest absolute Gasteiger partial charge is 0.673 e. The molecule has 0 fully saturated rings. The number of quaternary nitrogens is 1. The molecule has 0 aliphatic carbocycles. The SMILES string of the molecule is CCCC[N+](C)(C)C.F[B-](F)(F)F. The predicted octanol–water partition coefficient (Wildman–Crippen LogP) is 2.79. The summed E-state index contributed by atoms with van der Waals surface area (Å²) in [6, 6.07) is 0. The first kappa shape index (κ1) is 15.2. The summed E-state index contributed by atoms with van der Waals surface area (Å²) >= 11 is 0. The Balaban J connectivity index is 0. The van der Waals surface area contributed by atoms with Gasteiger partial charge in [-0.2, -0.15) is 0 Å². The lowest BCUT2D eigenvalue weighted by Gasteiger charge is -2.23. The van der Waals surface area contributed by atoms with Crippen LogP contribution in [-0.4, -0.2) is 39.4 Å². The van der Waals surface area contributed by atoms with Gasteiger partial charge < -0.3 is 21.7 Å². The molecular weight excluding hydrogens is 185 g/mol. The van der Waals surface area contributed by atoms with Crippen LogP contribution in [0.3, 0.4) is 0 Å². The molecule has 0 radical (unpaired) electrons. The minimum atomic E-state index is -6.00. The average molecular weight is 203 g/mol. The molecule has 0 rings (SSSR count). The van der Waals surface area contributed by atoms with Crippen LogP contribution >= 0.6 is 0 Å². The van der Waals surface area contributed by atoms with Crippen LogP contribution < -0.4 is 0 Å². The Bertz CT molecular complexity index is 113. The van der Waals surface area contributed by atoms with E-state index in [2.05, 4.69) is 28.1 Å². The maximum absolute atomic E-state index is 9.75. The fourth-order valence-corrected chi connectivity index (χ4v) is 0.632. The molecule has 0 unspecified atom stereocenters. The van der Waals surface area contributed by atoms with Crippen molar-refractivity contribution in [2.24, 2.45) is 0 Å². The van der Waals surface area contributed by atoms with Crippen LogP contribution in [0.1, 0.15) is 19.8 Å². The highest BCUT2D eigenvalue weighted by molar-refractivity contribution is 6.50. The van der Waals surface area contributed by atoms with E-state index in [1.165, 1.54) is 19.4 Å². The molecule has 0 heterocycles. The Morgan fingerprint density at radius 2 is 1.31 bits per heavy atom. The van der Waals surface area contributed by atoms with Gasteiger partial charge in [-0.15, -0.1) is 0 Å². The van der Waals surface area contributed by atoms with Gasteiger partial charge in [-0.3, -0.25) is 0 Å². The molecule has 0 saturated carbocycles. The van der Waals surface area contributed by atoms with Crippen LogP contribution in [0.4, 0.5) is 17.3 Å². The lowest BCUT2D eigenvalue weighted by molar-refractivity contribution is -0.870. The van der Waals surface area contributed by atoms with E-state index in [1.54, 1.807) is 0 Å². The topological polar surface area (TPSA) is 0 Å². The van der Waals surface area contributed by atoms with E-state index in [1.807, 2.05) is 0 Å². The molecule has 13 heavy (non-hydrogen) atoms. The van der Waals surface area contributed by atoms with Crippen LogP contribution in [0.2, 0.25) is 0 Å². The zero-order valence-electron chi connectivity index (χ0n) is 8.66. The Kier molecular flexibility index (Phi) is 7.31. The highest BCUT2D eigenvalue weighted by atomic mass is 19.5. The van der Waals surface area contributed by atoms with E-state index >= 15 is 0 Å². The molecule has 0 aromatic heterocycles. The molecule has 0 N–H and O–H groups in total. The van der Waals surface area contributed by atoms with Crippen molar-refractivity contribution >= 4 is 7.25 Å². The highest BCUT2D eigenvalue weighted by Crippen LogP contribution is 2.06. The number of hydrogen-bond acceptors (Lipinski definition) is 0. The van der Waals surface area contributed by atoms with Crippen LogP contribution in [-0.2, 0) is 0 Å². The average Bonchev–Trinajstić information content (AvgIpc) is 1.77. The van der Waals surface area contributed by atoms with Crippen molar-refractivity contribution < 1.29 is 21.7 Å². The van der Waals surface area contributed by atoms with Crippen LogP contribution in [0.5, 0.6) is 0 Å². The van der Waals surface area contributed by atoms with Gasteiger partial charge in [0, 0.05) is 0 Å². The summed E-state index contributed by atoms with van der Waals surface area (Å²) in [7, 11) is 0.695. The van der Waals surface area contributed by atoms with Gasteiger partial charge in [-0.05, 0) is 6.42 Å². The Morgan fingerprint density at radius 3 is 1.38 bits per heavy atom. The Hall–Kier alpha value is -0.255. The predicted molar refractivity (Wildman–Crippen MR) is 48.0 cm³/mol. The van der Waals surface area contributed by atoms with E-state index in [0.29, 0.717) is 0 Å². The third-order valence-corrected chi connectivity index (χ3v) is 1.18. The van der Waals surface area contributed by atoms with Gasteiger partial charge in [0.1, 0.15) is 0 Å². The molecule has 1 nitrogen and oxygen atoms in total. The summed E-state index contributed by atoms with van der Waals surface area (Å²) in [5, 5.41) is 0. The summed E-state index contributed by atoms with van der Waals surface area (Å²) in [6.45, 7) is 3.53. The summed E-state index contributed by atoms with van der Waals surface area (Å²) in [4.78, 5) is 0. The fourth-order valence-electron chi connectivity index (χ4n) is 0.632. The van der Waals surface area contributed by atoms with Gasteiger partial charge in [-0.25, -0.2) is 0 Å². The van der Waals surface area contributed by atoms with Gasteiger partial charge in [0.15, 0.2) is 0 Å². The van der Waals surface area contributed by atoms with Crippen molar-refractivity contribution in [3.63, 3.8) is 0 Å². The normalized spacial score (nSPS) is 12.0. The molecule has 82 valence electrons. The lowest BCUT2D eigenvalue weighted by atomic mass is 10.3. The van der Waals surface area contributed by atoms with Gasteiger partial charge in [-0.1, -0.05) is 13.3 Å². The van der Waals surface area contributed by atoms with Gasteiger partial charge in [0.05, 0.1) is 27.7 Å². The zero-order chi connectivity index (χ0) is 11.1. The maximum Gasteiger partial charge on any atom is 0.673 e. The standard InChI is InChI=1S/C7H18N.BF4/c1-5-6-7-8(2,3)4;2-1(3,4)5/h5-7H2,1-4H3;/q+1;-1. The quantitative estimate of drug-likeness (QED) is 0.375. The molecular formula is C7H18BF4N. The van der Waals surface area contributed by atoms with Gasteiger partial charge in [0.2, 0.25) is 0 Å². The molecule has 6 heteroatoms. The summed E-state index contributed by atoms with van der Waals surface area (Å²) in [5.74, 6) is 0. The number of rotatable bonds is 3. The van der Waals surface area contributed by atoms with Crippen molar-refractivity contribution in [1.29, 1.82) is 0 Å². The van der Waals surface area contributed by atoms with E-state index < -0.39 is 7.25 Å². The van der Waals surface area contributed by atoms with Crippen molar-refractivity contribution in [3.8, 4) is 0 Å². The zero-order valence-corrected chi connectivity index (χ0v) is 8.66. The summed E-state index contributed by atoms with van der Waals surface area (Å²) < 4.78 is 40.1. The van der Waals surface area contributed by atoms with Gasteiger partial charge in [0.25, 0.3) is 0 Å². The van der Waals surface area contributed by atoms with Crippen molar-refractivity contribution in [3.05, 3.63) is 0 Å². The minimum Gasteiger partial charge on any atom is -0.418 e. The molecule has 0 aliphatic rings. The number of unbranched alkanes of at least 4 members (excludes halogenated alkanes) is 1. The molecule has 0 saturated heterocycles. The Labute approximate surface area is 77.4 Å². The molecule has 0 aromatic rings. The first-order chi connectivity index (χ1) is 5.56. The maximum atomic E-state index is 9.75. The second-order valence-corrected chi connectivity index (χ2v) is 3.86. The molecule has 0 spiro atoms. The van der Waals surface area contributed by atoms with Gasteiger partial charge >= 0.3 is 7.25 Å². The molecule has 0 bridgehead atoms. The number of halogens is 4. The van der Waals surface area contributed by atoms with Crippen LogP contribution in [0, 0.1) is 0 Å². The fraction of sp³-hybridized carbons (Fsp3) is 1.00. The molecule has 0 atom stereocenters. The monoisotopic (exact) mass is 203 g/mol. The van der Waals surface area contributed by atoms with Crippen LogP contribution in [0.15, 0.2) is 0 Å². The first-order valence-corrected chi connectivity index (χ1v) is 4.24. The first-order valence-electron chi connectivity index (χ1n) is 4.24. The van der Waals surface area contributed by atoms with Crippen molar-refractivity contribution in [2.45, 2.75) is 19.8 Å². The number of nitrogens with zero attached hydrogens (tertiary/aromatic N) is 1. The van der Waals surface area contributed by atoms with E-state index in [-0.39, 0.29) is 0 Å². The number of hydrogen-bond donors (Lipinski definition) is 0. The third kappa shape index (κ3) is 49.5. The molecule has 0 aliphatic heterocycles. The Morgan fingerprint density at radius 1 is 1.00 bits per heavy atom. The smallest absolute Gasteiger partial charge is 0.418 e. The van der Waals surface area contributed by atoms with Crippen LogP contribution in [0.25, 0.3) is 0 Å². The lowest BCUT2D eigenvalue weighted by Crippen LogP contribution is -2.35. The van der Waals surface area contributed by atoms with E-state index in [4.69, 9.17) is 0 Å². The van der Waals surface area contributed by atoms with E-state index in [0.717, 1.165) is 4.48 Å². The second-order valence-electron chi connectivity index (χ2n) is 3.86. The molecule has 0 aromatic carbocycles. The summed E-state index contributed by atoms with van der Waals surface area (Å²) in [6.07, 6.45) is 2.67. The minimum absolute atomic E-state index is 1.10. The summed E-state index contributed by atoms with van der Waals surface area (Å²) in [5.41, 5.74) is 0. The highest BCUT2D eigenvalue weighted by Gasteiger charge is 2.20. The third-order valence-electron chi connectivity index (χ3n) is 1.18. The second kappa shape index (κ2) is 6.24.